The highest BCUT2D eigenvalue weighted by atomic mass is 32.1. The highest BCUT2D eigenvalue weighted by molar-refractivity contribution is 7.07. The number of rotatable bonds is 11. The van der Waals surface area contributed by atoms with Crippen LogP contribution < -0.4 is 29.1 Å². The Kier molecular flexibility index (Phi) is 9.65. The third-order valence-corrected chi connectivity index (χ3v) is 7.79. The van der Waals surface area contributed by atoms with Crippen molar-refractivity contribution < 1.29 is 23.7 Å². The molecule has 9 heteroatoms. The Morgan fingerprint density at radius 2 is 1.66 bits per heavy atom. The van der Waals surface area contributed by atoms with Crippen molar-refractivity contribution in [2.45, 2.75) is 46.8 Å². The predicted molar refractivity (Wildman–Crippen MR) is 172 cm³/mol. The summed E-state index contributed by atoms with van der Waals surface area (Å²) in [7, 11) is 0. The second-order valence-electron chi connectivity index (χ2n) is 10.2. The maximum absolute atomic E-state index is 14.2. The largest absolute Gasteiger partial charge is 0.494 e. The van der Waals surface area contributed by atoms with Crippen molar-refractivity contribution in [3.63, 3.8) is 0 Å². The fourth-order valence-electron chi connectivity index (χ4n) is 5.05. The molecule has 5 rings (SSSR count). The number of esters is 1. The molecule has 44 heavy (non-hydrogen) atoms. The minimum Gasteiger partial charge on any atom is -0.494 e. The molecule has 1 aliphatic heterocycles. The number of carbonyl (C=O) groups is 1. The van der Waals surface area contributed by atoms with Crippen molar-refractivity contribution in [2.24, 2.45) is 4.99 Å². The highest BCUT2D eigenvalue weighted by Crippen LogP contribution is 2.36. The van der Waals surface area contributed by atoms with E-state index in [4.69, 9.17) is 23.9 Å². The topological polar surface area (TPSA) is 88.4 Å². The molecule has 0 unspecified atom stereocenters. The Balaban J connectivity index is 1.74. The molecule has 1 aromatic heterocycles. The molecule has 2 heterocycles. The SMILES string of the molecule is CCOC(=O)C1=C(c2ccccc2)N=c2s/c(=C\c3ccc(OC(C)C)c(OCC)c3)c(=O)n2[C@@H]1c1ccc(OCC)cc1. The molecule has 1 aliphatic rings. The molecule has 0 bridgehead atoms. The molecule has 0 amide bonds. The van der Waals surface area contributed by atoms with E-state index >= 15 is 0 Å². The van der Waals surface area contributed by atoms with Crippen LogP contribution in [0.3, 0.4) is 0 Å². The van der Waals surface area contributed by atoms with Crippen LogP contribution in [-0.4, -0.2) is 36.5 Å². The van der Waals surface area contributed by atoms with Gasteiger partial charge in [-0.15, -0.1) is 0 Å². The molecule has 0 spiro atoms. The maximum Gasteiger partial charge on any atom is 0.338 e. The third-order valence-electron chi connectivity index (χ3n) is 6.81. The molecule has 1 atom stereocenters. The number of benzene rings is 3. The minimum absolute atomic E-state index is 0.0150. The van der Waals surface area contributed by atoms with Gasteiger partial charge in [0.1, 0.15) is 5.75 Å². The van der Waals surface area contributed by atoms with Crippen LogP contribution in [0.2, 0.25) is 0 Å². The van der Waals surface area contributed by atoms with Crippen LogP contribution in [0.4, 0.5) is 0 Å². The second-order valence-corrected chi connectivity index (χ2v) is 11.2. The summed E-state index contributed by atoms with van der Waals surface area (Å²) < 4.78 is 25.0. The average Bonchev–Trinajstić information content (AvgIpc) is 3.32. The zero-order chi connectivity index (χ0) is 31.2. The number of carbonyl (C=O) groups excluding carboxylic acids is 1. The molecule has 0 aliphatic carbocycles. The molecule has 0 saturated heterocycles. The van der Waals surface area contributed by atoms with Gasteiger partial charge < -0.3 is 18.9 Å². The number of thiazole rings is 1. The lowest BCUT2D eigenvalue weighted by molar-refractivity contribution is -0.138. The lowest BCUT2D eigenvalue weighted by Gasteiger charge is -2.26. The molecule has 228 valence electrons. The molecule has 4 aromatic rings. The fraction of sp³-hybridized carbons (Fsp3) is 0.286. The summed E-state index contributed by atoms with van der Waals surface area (Å²) in [5, 5.41) is 0. The number of hydrogen-bond donors (Lipinski definition) is 0. The van der Waals surface area contributed by atoms with Crippen molar-refractivity contribution in [2.75, 3.05) is 19.8 Å². The Hall–Kier alpha value is -4.63. The molecule has 8 nitrogen and oxygen atoms in total. The smallest absolute Gasteiger partial charge is 0.338 e. The van der Waals surface area contributed by atoms with Gasteiger partial charge in [-0.25, -0.2) is 9.79 Å². The highest BCUT2D eigenvalue weighted by Gasteiger charge is 2.35. The van der Waals surface area contributed by atoms with Gasteiger partial charge >= 0.3 is 5.97 Å². The van der Waals surface area contributed by atoms with Crippen LogP contribution in [0.15, 0.2) is 88.2 Å². The van der Waals surface area contributed by atoms with Gasteiger partial charge in [-0.2, -0.15) is 0 Å². The van der Waals surface area contributed by atoms with Crippen LogP contribution >= 0.6 is 11.3 Å². The molecule has 0 saturated carbocycles. The molecule has 0 fully saturated rings. The van der Waals surface area contributed by atoms with Crippen molar-refractivity contribution in [1.29, 1.82) is 0 Å². The number of aromatic nitrogens is 1. The second kappa shape index (κ2) is 13.8. The van der Waals surface area contributed by atoms with E-state index in [2.05, 4.69) is 0 Å². The van der Waals surface area contributed by atoms with E-state index in [1.54, 1.807) is 11.5 Å². The molecular weight excluding hydrogens is 576 g/mol. The van der Waals surface area contributed by atoms with Crippen molar-refractivity contribution in [3.8, 4) is 17.2 Å². The van der Waals surface area contributed by atoms with Gasteiger partial charge in [0.05, 0.1) is 47.8 Å². The summed E-state index contributed by atoms with van der Waals surface area (Å²) in [4.78, 5) is 33.2. The van der Waals surface area contributed by atoms with Crippen molar-refractivity contribution in [3.05, 3.63) is 115 Å². The normalized spacial score (nSPS) is 14.7. The van der Waals surface area contributed by atoms with Crippen LogP contribution in [-0.2, 0) is 9.53 Å². The first-order chi connectivity index (χ1) is 21.3. The van der Waals surface area contributed by atoms with Gasteiger partial charge in [0.2, 0.25) is 0 Å². The average molecular weight is 613 g/mol. The number of ether oxygens (including phenoxy) is 4. The first-order valence-electron chi connectivity index (χ1n) is 14.8. The van der Waals surface area contributed by atoms with Gasteiger partial charge in [0, 0.05) is 5.56 Å². The van der Waals surface area contributed by atoms with Gasteiger partial charge in [-0.3, -0.25) is 9.36 Å². The molecule has 3 aromatic carbocycles. The van der Waals surface area contributed by atoms with E-state index in [9.17, 15) is 9.59 Å². The zero-order valence-corrected chi connectivity index (χ0v) is 26.4. The lowest BCUT2D eigenvalue weighted by Crippen LogP contribution is -2.40. The quantitative estimate of drug-likeness (QED) is 0.207. The summed E-state index contributed by atoms with van der Waals surface area (Å²) in [5.74, 6) is 1.42. The molecular formula is C35H36N2O6S. The first-order valence-corrected chi connectivity index (χ1v) is 15.6. The zero-order valence-electron chi connectivity index (χ0n) is 25.5. The monoisotopic (exact) mass is 612 g/mol. The Morgan fingerprint density at radius 3 is 2.32 bits per heavy atom. The minimum atomic E-state index is -0.765. The number of hydrogen-bond acceptors (Lipinski definition) is 8. The van der Waals surface area contributed by atoms with E-state index in [0.29, 0.717) is 51.1 Å². The van der Waals surface area contributed by atoms with Gasteiger partial charge in [0.15, 0.2) is 16.3 Å². The standard InChI is InChI=1S/C35H36N2O6S/c1-6-40-26-17-15-25(16-18-26)32-30(34(39)42-8-3)31(24-12-10-9-11-13-24)36-35-37(32)33(38)29(44-35)21-23-14-19-27(43-22(4)5)28(20-23)41-7-2/h9-22,32H,6-8H2,1-5H3/b29-21-/t32-/m1/s1. The molecule has 0 N–H and O–H groups in total. The van der Waals surface area contributed by atoms with Crippen molar-refractivity contribution in [1.82, 2.24) is 4.57 Å². The summed E-state index contributed by atoms with van der Waals surface area (Å²) in [6.45, 7) is 10.7. The number of nitrogens with zero attached hydrogens (tertiary/aromatic N) is 2. The van der Waals surface area contributed by atoms with E-state index in [1.165, 1.54) is 11.3 Å². The summed E-state index contributed by atoms with van der Waals surface area (Å²) in [6.07, 6.45) is 1.80. The van der Waals surface area contributed by atoms with E-state index in [1.807, 2.05) is 107 Å². The van der Waals surface area contributed by atoms with E-state index in [0.717, 1.165) is 16.7 Å². The number of fused-ring (bicyclic) bond motifs is 1. The summed E-state index contributed by atoms with van der Waals surface area (Å²) in [6, 6.07) is 21.8. The van der Waals surface area contributed by atoms with Gasteiger partial charge in [0.25, 0.3) is 5.56 Å². The van der Waals surface area contributed by atoms with Crippen LogP contribution in [0.1, 0.15) is 57.4 Å². The van der Waals surface area contributed by atoms with Gasteiger partial charge in [-0.1, -0.05) is 59.9 Å². The summed E-state index contributed by atoms with van der Waals surface area (Å²) >= 11 is 1.27. The summed E-state index contributed by atoms with van der Waals surface area (Å²) in [5.41, 5.74) is 2.79. The maximum atomic E-state index is 14.2. The molecule has 0 radical (unpaired) electrons. The Bertz CT molecular complexity index is 1840. The van der Waals surface area contributed by atoms with E-state index in [-0.39, 0.29) is 18.3 Å². The first kappa shape index (κ1) is 30.8. The van der Waals surface area contributed by atoms with Gasteiger partial charge in [-0.05, 0) is 76.1 Å². The van der Waals surface area contributed by atoms with Crippen LogP contribution in [0, 0.1) is 0 Å². The predicted octanol–water partition coefficient (Wildman–Crippen LogP) is 5.52. The Labute approximate surface area is 260 Å². The van der Waals surface area contributed by atoms with Crippen LogP contribution in [0.25, 0.3) is 11.8 Å². The fourth-order valence-corrected chi connectivity index (χ4v) is 6.06. The Morgan fingerprint density at radius 1 is 0.932 bits per heavy atom. The lowest BCUT2D eigenvalue weighted by atomic mass is 9.93. The van der Waals surface area contributed by atoms with Crippen LogP contribution in [0.5, 0.6) is 17.2 Å². The van der Waals surface area contributed by atoms with Crippen molar-refractivity contribution >= 4 is 29.1 Å². The third kappa shape index (κ3) is 6.48. The van der Waals surface area contributed by atoms with E-state index < -0.39 is 12.0 Å².